The van der Waals surface area contributed by atoms with Gasteiger partial charge >= 0.3 is 0 Å². The number of methoxy groups -OCH3 is 1. The molecule has 3 unspecified atom stereocenters. The van der Waals surface area contributed by atoms with E-state index in [1.165, 1.54) is 6.42 Å². The average Bonchev–Trinajstić information content (AvgIpc) is 2.63. The second kappa shape index (κ2) is 5.47. The molecule has 0 aromatic carbocycles. The van der Waals surface area contributed by atoms with E-state index in [2.05, 4.69) is 5.32 Å². The predicted molar refractivity (Wildman–Crippen MR) is 59.7 cm³/mol. The topological polar surface area (TPSA) is 41.6 Å². The smallest absolute Gasteiger partial charge is 0.238 e. The van der Waals surface area contributed by atoms with E-state index in [4.69, 9.17) is 4.74 Å². The Morgan fingerprint density at radius 1 is 1.47 bits per heavy atom. The lowest BCUT2D eigenvalue weighted by Crippen LogP contribution is -2.48. The summed E-state index contributed by atoms with van der Waals surface area (Å²) in [6, 6.07) is 0.203. The first-order valence-corrected chi connectivity index (χ1v) is 5.56. The summed E-state index contributed by atoms with van der Waals surface area (Å²) < 4.78 is 5.38. The Kier molecular flexibility index (Phi) is 4.54. The molecule has 0 saturated heterocycles. The first-order valence-electron chi connectivity index (χ1n) is 5.56. The fraction of sp³-hybridized carbons (Fsp3) is 0.909. The molecule has 1 rings (SSSR count). The summed E-state index contributed by atoms with van der Waals surface area (Å²) in [6.07, 6.45) is 3.64. The van der Waals surface area contributed by atoms with E-state index >= 15 is 0 Å². The van der Waals surface area contributed by atoms with Gasteiger partial charge in [-0.3, -0.25) is 4.79 Å². The first kappa shape index (κ1) is 12.5. The maximum absolute atomic E-state index is 11.6. The van der Waals surface area contributed by atoms with Crippen molar-refractivity contribution in [2.75, 3.05) is 21.2 Å². The highest BCUT2D eigenvalue weighted by Gasteiger charge is 2.29. The van der Waals surface area contributed by atoms with Crippen LogP contribution in [0.2, 0.25) is 0 Å². The Bertz CT molecular complexity index is 219. The van der Waals surface area contributed by atoms with Crippen LogP contribution in [0.1, 0.15) is 26.2 Å². The summed E-state index contributed by atoms with van der Waals surface area (Å²) in [7, 11) is 5.30. The highest BCUT2D eigenvalue weighted by atomic mass is 16.5. The van der Waals surface area contributed by atoms with Crippen molar-refractivity contribution in [2.24, 2.45) is 0 Å². The standard InChI is InChI=1S/C11H22N2O2/c1-8(11(14)13(2)3)12-9-6-5-7-10(9)15-4/h8-10,12H,5-7H2,1-4H3. The largest absolute Gasteiger partial charge is 0.380 e. The summed E-state index contributed by atoms with van der Waals surface area (Å²) in [5, 5.41) is 3.34. The quantitative estimate of drug-likeness (QED) is 0.746. The van der Waals surface area contributed by atoms with Crippen LogP contribution in [0.3, 0.4) is 0 Å². The predicted octanol–water partition coefficient (Wildman–Crippen LogP) is 0.620. The van der Waals surface area contributed by atoms with Crippen LogP contribution < -0.4 is 5.32 Å². The lowest BCUT2D eigenvalue weighted by molar-refractivity contribution is -0.130. The second-order valence-corrected chi connectivity index (χ2v) is 4.43. The van der Waals surface area contributed by atoms with Gasteiger partial charge in [0.1, 0.15) is 0 Å². The van der Waals surface area contributed by atoms with Crippen LogP contribution in [-0.4, -0.2) is 50.2 Å². The number of nitrogens with zero attached hydrogens (tertiary/aromatic N) is 1. The lowest BCUT2D eigenvalue weighted by Gasteiger charge is -2.25. The normalized spacial score (nSPS) is 27.7. The number of likely N-dealkylation sites (N-methyl/N-ethyl adjacent to an activating group) is 1. The molecule has 0 bridgehead atoms. The summed E-state index contributed by atoms with van der Waals surface area (Å²) in [6.45, 7) is 1.91. The molecule has 0 aromatic heterocycles. The van der Waals surface area contributed by atoms with Gasteiger partial charge in [-0.05, 0) is 26.2 Å². The monoisotopic (exact) mass is 214 g/mol. The second-order valence-electron chi connectivity index (χ2n) is 4.43. The Labute approximate surface area is 92.0 Å². The molecule has 3 atom stereocenters. The number of carbonyl (C=O) groups excluding carboxylic acids is 1. The van der Waals surface area contributed by atoms with Crippen molar-refractivity contribution in [3.63, 3.8) is 0 Å². The van der Waals surface area contributed by atoms with Crippen LogP contribution >= 0.6 is 0 Å². The Hall–Kier alpha value is -0.610. The molecule has 1 saturated carbocycles. The molecule has 88 valence electrons. The number of amides is 1. The van der Waals surface area contributed by atoms with Gasteiger partial charge in [0.05, 0.1) is 12.1 Å². The zero-order valence-electron chi connectivity index (χ0n) is 10.1. The van der Waals surface area contributed by atoms with E-state index in [9.17, 15) is 4.79 Å². The van der Waals surface area contributed by atoms with Crippen molar-refractivity contribution in [1.82, 2.24) is 10.2 Å². The van der Waals surface area contributed by atoms with Gasteiger partial charge in [0.15, 0.2) is 0 Å². The van der Waals surface area contributed by atoms with E-state index < -0.39 is 0 Å². The average molecular weight is 214 g/mol. The highest BCUT2D eigenvalue weighted by molar-refractivity contribution is 5.80. The molecule has 0 aliphatic heterocycles. The minimum Gasteiger partial charge on any atom is -0.380 e. The van der Waals surface area contributed by atoms with E-state index in [0.29, 0.717) is 6.04 Å². The molecule has 0 heterocycles. The zero-order chi connectivity index (χ0) is 11.4. The maximum atomic E-state index is 11.6. The number of hydrogen-bond donors (Lipinski definition) is 1. The van der Waals surface area contributed by atoms with Gasteiger partial charge in [-0.2, -0.15) is 0 Å². The molecule has 1 amide bonds. The fourth-order valence-corrected chi connectivity index (χ4v) is 2.18. The molecule has 15 heavy (non-hydrogen) atoms. The minimum absolute atomic E-state index is 0.122. The van der Waals surface area contributed by atoms with Gasteiger partial charge in [0.2, 0.25) is 5.91 Å². The minimum atomic E-state index is -0.124. The molecule has 0 spiro atoms. The number of ether oxygens (including phenoxy) is 1. The number of carbonyl (C=O) groups is 1. The number of rotatable bonds is 4. The third-order valence-corrected chi connectivity index (χ3v) is 3.03. The summed E-state index contributed by atoms with van der Waals surface area (Å²) >= 11 is 0. The van der Waals surface area contributed by atoms with Crippen molar-refractivity contribution >= 4 is 5.91 Å². The summed E-state index contributed by atoms with van der Waals surface area (Å²) in [5.41, 5.74) is 0. The fourth-order valence-electron chi connectivity index (χ4n) is 2.18. The maximum Gasteiger partial charge on any atom is 0.238 e. The van der Waals surface area contributed by atoms with Crippen molar-refractivity contribution in [1.29, 1.82) is 0 Å². The Morgan fingerprint density at radius 3 is 2.67 bits per heavy atom. The zero-order valence-corrected chi connectivity index (χ0v) is 10.1. The van der Waals surface area contributed by atoms with Gasteiger partial charge in [0, 0.05) is 27.2 Å². The van der Waals surface area contributed by atoms with Crippen molar-refractivity contribution in [2.45, 2.75) is 44.4 Å². The number of nitrogens with one attached hydrogen (secondary N) is 1. The van der Waals surface area contributed by atoms with E-state index in [0.717, 1.165) is 12.8 Å². The Balaban J connectivity index is 2.43. The SMILES string of the molecule is COC1CCCC1NC(C)C(=O)N(C)C. The Morgan fingerprint density at radius 2 is 2.13 bits per heavy atom. The third kappa shape index (κ3) is 3.18. The highest BCUT2D eigenvalue weighted by Crippen LogP contribution is 2.21. The van der Waals surface area contributed by atoms with Crippen LogP contribution in [0.25, 0.3) is 0 Å². The lowest BCUT2D eigenvalue weighted by atomic mass is 10.1. The van der Waals surface area contributed by atoms with Gasteiger partial charge < -0.3 is 15.0 Å². The van der Waals surface area contributed by atoms with Gasteiger partial charge in [0.25, 0.3) is 0 Å². The van der Waals surface area contributed by atoms with Crippen LogP contribution in [0, 0.1) is 0 Å². The van der Waals surface area contributed by atoms with Gasteiger partial charge in [-0.25, -0.2) is 0 Å². The van der Waals surface area contributed by atoms with E-state index in [1.807, 2.05) is 6.92 Å². The summed E-state index contributed by atoms with van der Waals surface area (Å²) in [4.78, 5) is 13.3. The molecule has 1 aliphatic carbocycles. The molecule has 1 N–H and O–H groups in total. The van der Waals surface area contributed by atoms with Crippen LogP contribution in [0.15, 0.2) is 0 Å². The van der Waals surface area contributed by atoms with Crippen molar-refractivity contribution in [3.05, 3.63) is 0 Å². The van der Waals surface area contributed by atoms with Gasteiger partial charge in [-0.15, -0.1) is 0 Å². The molecular formula is C11H22N2O2. The van der Waals surface area contributed by atoms with Crippen molar-refractivity contribution < 1.29 is 9.53 Å². The first-order chi connectivity index (χ1) is 7.06. The third-order valence-electron chi connectivity index (χ3n) is 3.03. The molecule has 0 radical (unpaired) electrons. The van der Waals surface area contributed by atoms with E-state index in [-0.39, 0.29) is 18.1 Å². The van der Waals surface area contributed by atoms with Crippen LogP contribution in [-0.2, 0) is 9.53 Å². The van der Waals surface area contributed by atoms with E-state index in [1.54, 1.807) is 26.1 Å². The number of hydrogen-bond acceptors (Lipinski definition) is 3. The molecule has 4 heteroatoms. The van der Waals surface area contributed by atoms with Crippen LogP contribution in [0.4, 0.5) is 0 Å². The van der Waals surface area contributed by atoms with Gasteiger partial charge in [-0.1, -0.05) is 0 Å². The molecule has 1 fully saturated rings. The molecule has 0 aromatic rings. The molecule has 4 nitrogen and oxygen atoms in total. The van der Waals surface area contributed by atoms with Crippen LogP contribution in [0.5, 0.6) is 0 Å². The summed E-state index contributed by atoms with van der Waals surface area (Å²) in [5.74, 6) is 0.122. The molecular weight excluding hydrogens is 192 g/mol. The molecule has 1 aliphatic rings. The van der Waals surface area contributed by atoms with Crippen molar-refractivity contribution in [3.8, 4) is 0 Å².